The van der Waals surface area contributed by atoms with E-state index in [1.807, 2.05) is 6.07 Å². The largest absolute Gasteiger partial charge is 0.497 e. The van der Waals surface area contributed by atoms with Crippen LogP contribution in [0.4, 0.5) is 5.69 Å². The Labute approximate surface area is 190 Å². The summed E-state index contributed by atoms with van der Waals surface area (Å²) >= 11 is 0. The number of carbonyl (C=O) groups is 2. The van der Waals surface area contributed by atoms with Crippen LogP contribution in [0.15, 0.2) is 36.4 Å². The van der Waals surface area contributed by atoms with Gasteiger partial charge in [-0.15, -0.1) is 0 Å². The molecule has 2 amide bonds. The normalized spacial score (nSPS) is 21.7. The molecule has 2 saturated heterocycles. The molecule has 0 aromatic heterocycles. The Kier molecular flexibility index (Phi) is 5.80. The summed E-state index contributed by atoms with van der Waals surface area (Å²) in [5, 5.41) is 2.43. The number of piperidine rings is 1. The van der Waals surface area contributed by atoms with Gasteiger partial charge in [0.25, 0.3) is 0 Å². The zero-order valence-corrected chi connectivity index (χ0v) is 19.0. The van der Waals surface area contributed by atoms with Crippen LogP contribution >= 0.6 is 0 Å². The lowest BCUT2D eigenvalue weighted by Crippen LogP contribution is -2.52. The summed E-state index contributed by atoms with van der Waals surface area (Å²) in [5.41, 5.74) is 1.22. The van der Waals surface area contributed by atoms with Crippen LogP contribution in [0.25, 0.3) is 10.8 Å². The van der Waals surface area contributed by atoms with Crippen molar-refractivity contribution < 1.29 is 14.3 Å². The fourth-order valence-electron chi connectivity index (χ4n) is 5.85. The van der Waals surface area contributed by atoms with Crippen LogP contribution in [0.2, 0.25) is 0 Å². The number of imide groups is 1. The number of carbonyl (C=O) groups excluding carboxylic acids is 2. The monoisotopic (exact) mass is 435 g/mol. The SMILES string of the molecule is COc1ccc2cccc(N3CCN(CCN4C(=O)CC5(CCCC5)CC4=O)CC3)c2c1. The number of ether oxygens (including phenoxy) is 1. The quantitative estimate of drug-likeness (QED) is 0.671. The number of anilines is 1. The van der Waals surface area contributed by atoms with Crippen molar-refractivity contribution in [1.82, 2.24) is 9.80 Å². The molecule has 170 valence electrons. The molecule has 1 saturated carbocycles. The van der Waals surface area contributed by atoms with Crippen molar-refractivity contribution in [1.29, 1.82) is 0 Å². The van der Waals surface area contributed by atoms with E-state index < -0.39 is 0 Å². The minimum atomic E-state index is -0.0164. The fraction of sp³-hybridized carbons (Fsp3) is 0.538. The average Bonchev–Trinajstić information content (AvgIpc) is 3.25. The van der Waals surface area contributed by atoms with Gasteiger partial charge in [0, 0.05) is 63.2 Å². The van der Waals surface area contributed by atoms with E-state index in [1.54, 1.807) is 7.11 Å². The molecule has 3 aliphatic rings. The number of benzene rings is 2. The maximum atomic E-state index is 12.7. The lowest BCUT2D eigenvalue weighted by atomic mass is 9.76. The van der Waals surface area contributed by atoms with Crippen molar-refractivity contribution in [3.8, 4) is 5.75 Å². The Morgan fingerprint density at radius 3 is 2.31 bits per heavy atom. The van der Waals surface area contributed by atoms with Crippen LogP contribution in [0.3, 0.4) is 0 Å². The highest BCUT2D eigenvalue weighted by Crippen LogP contribution is 2.46. The minimum absolute atomic E-state index is 0.0164. The van der Waals surface area contributed by atoms with Gasteiger partial charge in [0.2, 0.25) is 11.8 Å². The molecule has 1 spiro atoms. The summed E-state index contributed by atoms with van der Waals surface area (Å²) in [6.45, 7) is 5.02. The average molecular weight is 436 g/mol. The maximum Gasteiger partial charge on any atom is 0.229 e. The van der Waals surface area contributed by atoms with Gasteiger partial charge in [0.05, 0.1) is 7.11 Å². The second-order valence-electron chi connectivity index (χ2n) is 9.69. The Hall–Kier alpha value is -2.60. The molecule has 6 nitrogen and oxygen atoms in total. The van der Waals surface area contributed by atoms with E-state index in [0.717, 1.165) is 64.2 Å². The molecular weight excluding hydrogens is 402 g/mol. The molecule has 0 radical (unpaired) electrons. The first-order chi connectivity index (χ1) is 15.6. The number of nitrogens with zero attached hydrogens (tertiary/aromatic N) is 3. The van der Waals surface area contributed by atoms with Crippen LogP contribution < -0.4 is 9.64 Å². The maximum absolute atomic E-state index is 12.7. The first-order valence-corrected chi connectivity index (χ1v) is 11.9. The fourth-order valence-corrected chi connectivity index (χ4v) is 5.85. The van der Waals surface area contributed by atoms with Crippen molar-refractivity contribution in [2.24, 2.45) is 5.41 Å². The highest BCUT2D eigenvalue weighted by molar-refractivity contribution is 5.98. The number of rotatable bonds is 5. The standard InChI is InChI=1S/C26H33N3O3/c1-32-21-8-7-20-5-4-6-23(22(20)17-21)28-14-11-27(12-15-28)13-16-29-24(30)18-26(19-25(29)31)9-2-3-10-26/h4-8,17H,2-3,9-16,18-19H2,1H3. The number of amides is 2. The lowest BCUT2D eigenvalue weighted by Gasteiger charge is -2.40. The van der Waals surface area contributed by atoms with Crippen molar-refractivity contribution >= 4 is 28.3 Å². The van der Waals surface area contributed by atoms with Crippen LogP contribution in [0.1, 0.15) is 38.5 Å². The van der Waals surface area contributed by atoms with E-state index in [2.05, 4.69) is 40.1 Å². The summed E-state index contributed by atoms with van der Waals surface area (Å²) in [7, 11) is 1.70. The predicted molar refractivity (Wildman–Crippen MR) is 126 cm³/mol. The van der Waals surface area contributed by atoms with E-state index in [-0.39, 0.29) is 17.2 Å². The highest BCUT2D eigenvalue weighted by atomic mass is 16.5. The van der Waals surface area contributed by atoms with Crippen LogP contribution in [0, 0.1) is 5.41 Å². The first kappa shape index (κ1) is 21.3. The summed E-state index contributed by atoms with van der Waals surface area (Å²) in [5.74, 6) is 0.969. The molecule has 6 heteroatoms. The Morgan fingerprint density at radius 2 is 1.62 bits per heavy atom. The van der Waals surface area contributed by atoms with Gasteiger partial charge in [0.1, 0.15) is 5.75 Å². The van der Waals surface area contributed by atoms with Gasteiger partial charge < -0.3 is 9.64 Å². The third kappa shape index (κ3) is 4.08. The number of piperazine rings is 1. The summed E-state index contributed by atoms with van der Waals surface area (Å²) in [6.07, 6.45) is 5.54. The number of hydrogen-bond donors (Lipinski definition) is 0. The zero-order valence-electron chi connectivity index (χ0n) is 19.0. The van der Waals surface area contributed by atoms with Gasteiger partial charge in [-0.05, 0) is 41.8 Å². The molecule has 2 aliphatic heterocycles. The van der Waals surface area contributed by atoms with Crippen molar-refractivity contribution in [2.45, 2.75) is 38.5 Å². The summed E-state index contributed by atoms with van der Waals surface area (Å²) in [6, 6.07) is 12.7. The molecule has 2 aromatic carbocycles. The Balaban J connectivity index is 1.18. The van der Waals surface area contributed by atoms with Crippen LogP contribution in [0.5, 0.6) is 5.75 Å². The van der Waals surface area contributed by atoms with Crippen LogP contribution in [-0.2, 0) is 9.59 Å². The summed E-state index contributed by atoms with van der Waals surface area (Å²) < 4.78 is 5.43. The van der Waals surface area contributed by atoms with Gasteiger partial charge >= 0.3 is 0 Å². The van der Waals surface area contributed by atoms with E-state index in [9.17, 15) is 9.59 Å². The molecule has 0 N–H and O–H groups in total. The van der Waals surface area contributed by atoms with E-state index in [1.165, 1.54) is 21.4 Å². The van der Waals surface area contributed by atoms with Gasteiger partial charge in [-0.1, -0.05) is 31.0 Å². The van der Waals surface area contributed by atoms with Gasteiger partial charge in [-0.3, -0.25) is 19.4 Å². The number of likely N-dealkylation sites (tertiary alicyclic amines) is 1. The Morgan fingerprint density at radius 1 is 0.906 bits per heavy atom. The van der Waals surface area contributed by atoms with E-state index in [0.29, 0.717) is 19.4 Å². The smallest absolute Gasteiger partial charge is 0.229 e. The molecule has 0 atom stereocenters. The van der Waals surface area contributed by atoms with Crippen molar-refractivity contribution in [3.63, 3.8) is 0 Å². The molecule has 1 aliphatic carbocycles. The van der Waals surface area contributed by atoms with E-state index >= 15 is 0 Å². The lowest BCUT2D eigenvalue weighted by molar-refractivity contribution is -0.153. The summed E-state index contributed by atoms with van der Waals surface area (Å²) in [4.78, 5) is 31.8. The second kappa shape index (κ2) is 8.74. The van der Waals surface area contributed by atoms with Crippen molar-refractivity contribution in [2.75, 3.05) is 51.3 Å². The number of hydrogen-bond acceptors (Lipinski definition) is 5. The molecule has 0 unspecified atom stereocenters. The topological polar surface area (TPSA) is 53.1 Å². The first-order valence-electron chi connectivity index (χ1n) is 11.9. The van der Waals surface area contributed by atoms with Gasteiger partial charge in [0.15, 0.2) is 0 Å². The minimum Gasteiger partial charge on any atom is -0.497 e. The van der Waals surface area contributed by atoms with Crippen molar-refractivity contribution in [3.05, 3.63) is 36.4 Å². The highest BCUT2D eigenvalue weighted by Gasteiger charge is 2.44. The molecule has 0 bridgehead atoms. The third-order valence-electron chi connectivity index (χ3n) is 7.74. The third-order valence-corrected chi connectivity index (χ3v) is 7.74. The predicted octanol–water partition coefficient (Wildman–Crippen LogP) is 3.68. The number of methoxy groups -OCH3 is 1. The van der Waals surface area contributed by atoms with Gasteiger partial charge in [-0.25, -0.2) is 0 Å². The molecular formula is C26H33N3O3. The zero-order chi connectivity index (χ0) is 22.1. The molecule has 32 heavy (non-hydrogen) atoms. The molecule has 5 rings (SSSR count). The molecule has 2 heterocycles. The molecule has 3 fully saturated rings. The van der Waals surface area contributed by atoms with Gasteiger partial charge in [-0.2, -0.15) is 0 Å². The van der Waals surface area contributed by atoms with E-state index in [4.69, 9.17) is 4.74 Å². The Bertz CT molecular complexity index is 987. The second-order valence-corrected chi connectivity index (χ2v) is 9.69. The molecule has 2 aromatic rings. The number of fused-ring (bicyclic) bond motifs is 1. The van der Waals surface area contributed by atoms with Crippen LogP contribution in [-0.4, -0.2) is 68.0 Å².